The highest BCUT2D eigenvalue weighted by molar-refractivity contribution is 8.00. The van der Waals surface area contributed by atoms with Crippen molar-refractivity contribution < 1.29 is 0 Å². The highest BCUT2D eigenvalue weighted by atomic mass is 32.2. The number of hydrogen-bond donors (Lipinski definition) is 0. The number of nitrogens with zero attached hydrogens (tertiary/aromatic N) is 3. The van der Waals surface area contributed by atoms with E-state index in [0.29, 0.717) is 5.25 Å². The molecule has 4 heterocycles. The van der Waals surface area contributed by atoms with Crippen molar-refractivity contribution in [2.75, 3.05) is 0 Å². The summed E-state index contributed by atoms with van der Waals surface area (Å²) in [6.07, 6.45) is 11.3. The van der Waals surface area contributed by atoms with Gasteiger partial charge in [0.05, 0.1) is 16.9 Å². The molecule has 1 aliphatic carbocycles. The van der Waals surface area contributed by atoms with Gasteiger partial charge >= 0.3 is 0 Å². The van der Waals surface area contributed by atoms with Gasteiger partial charge in [-0.1, -0.05) is 30.0 Å². The van der Waals surface area contributed by atoms with Crippen LogP contribution in [-0.2, 0) is 0 Å². The lowest BCUT2D eigenvalue weighted by Gasteiger charge is -2.10. The van der Waals surface area contributed by atoms with Crippen molar-refractivity contribution in [3.8, 4) is 11.4 Å². The Labute approximate surface area is 138 Å². The maximum atomic E-state index is 4.86. The van der Waals surface area contributed by atoms with Crippen molar-refractivity contribution in [1.82, 2.24) is 15.0 Å². The standard InChI is InChI=1S/C19H13N3S/c1-2-6-18-13(5-1)14-7-8-15(22-19(14)23-18)17-10-16-12(11-21-17)4-3-9-20-16/h1-5,7-11,18H,6H2. The smallest absolute Gasteiger partial charge is 0.105 e. The van der Waals surface area contributed by atoms with E-state index in [1.54, 1.807) is 0 Å². The van der Waals surface area contributed by atoms with Crippen LogP contribution < -0.4 is 0 Å². The van der Waals surface area contributed by atoms with Crippen LogP contribution >= 0.6 is 11.8 Å². The Morgan fingerprint density at radius 1 is 1.09 bits per heavy atom. The summed E-state index contributed by atoms with van der Waals surface area (Å²) in [6.45, 7) is 0. The van der Waals surface area contributed by atoms with Crippen LogP contribution in [0.3, 0.4) is 0 Å². The van der Waals surface area contributed by atoms with Crippen molar-refractivity contribution in [2.24, 2.45) is 0 Å². The summed E-state index contributed by atoms with van der Waals surface area (Å²) in [5.74, 6) is 0. The van der Waals surface area contributed by atoms with Gasteiger partial charge < -0.3 is 0 Å². The lowest BCUT2D eigenvalue weighted by atomic mass is 9.98. The summed E-state index contributed by atoms with van der Waals surface area (Å²) in [4.78, 5) is 13.8. The molecule has 1 aliphatic heterocycles. The molecule has 1 atom stereocenters. The molecule has 2 aliphatic rings. The van der Waals surface area contributed by atoms with E-state index in [2.05, 4.69) is 40.3 Å². The average molecular weight is 315 g/mol. The van der Waals surface area contributed by atoms with Gasteiger partial charge in [0.25, 0.3) is 0 Å². The zero-order valence-corrected chi connectivity index (χ0v) is 13.1. The van der Waals surface area contributed by atoms with Crippen LogP contribution in [0.15, 0.2) is 66.0 Å². The highest BCUT2D eigenvalue weighted by Gasteiger charge is 2.29. The van der Waals surface area contributed by atoms with Crippen molar-refractivity contribution >= 4 is 28.2 Å². The van der Waals surface area contributed by atoms with Crippen molar-refractivity contribution in [2.45, 2.75) is 16.7 Å². The van der Waals surface area contributed by atoms with E-state index >= 15 is 0 Å². The second kappa shape index (κ2) is 5.03. The Morgan fingerprint density at radius 2 is 2.09 bits per heavy atom. The lowest BCUT2D eigenvalue weighted by Crippen LogP contribution is -2.00. The molecular weight excluding hydrogens is 302 g/mol. The van der Waals surface area contributed by atoms with E-state index < -0.39 is 0 Å². The van der Waals surface area contributed by atoms with Crippen molar-refractivity contribution in [1.29, 1.82) is 0 Å². The minimum absolute atomic E-state index is 0.518. The summed E-state index contributed by atoms with van der Waals surface area (Å²) in [7, 11) is 0. The minimum atomic E-state index is 0.518. The zero-order valence-electron chi connectivity index (χ0n) is 12.3. The Kier molecular flexibility index (Phi) is 2.85. The summed E-state index contributed by atoms with van der Waals surface area (Å²) >= 11 is 1.86. The molecule has 4 heteroatoms. The predicted octanol–water partition coefficient (Wildman–Crippen LogP) is 4.51. The first-order valence-corrected chi connectivity index (χ1v) is 8.52. The van der Waals surface area contributed by atoms with Gasteiger partial charge in [-0.15, -0.1) is 0 Å². The number of allylic oxidation sites excluding steroid dienone is 3. The SMILES string of the molecule is C1=CCC2Sc3nc(-c4cc5ncccc5cn4)ccc3C2=C1. The quantitative estimate of drug-likeness (QED) is 0.662. The molecule has 0 amide bonds. The van der Waals surface area contributed by atoms with Gasteiger partial charge in [0, 0.05) is 28.6 Å². The van der Waals surface area contributed by atoms with E-state index in [9.17, 15) is 0 Å². The molecular formula is C19H13N3S. The number of pyridine rings is 3. The predicted molar refractivity (Wildman–Crippen MR) is 94.1 cm³/mol. The highest BCUT2D eigenvalue weighted by Crippen LogP contribution is 2.47. The Bertz CT molecular complexity index is 991. The molecule has 110 valence electrons. The molecule has 3 aromatic rings. The Hall–Kier alpha value is -2.46. The number of fused-ring (bicyclic) bond motifs is 4. The first kappa shape index (κ1) is 13.0. The van der Waals surface area contributed by atoms with Crippen LogP contribution in [0.4, 0.5) is 0 Å². The van der Waals surface area contributed by atoms with Crippen LogP contribution in [0.1, 0.15) is 12.0 Å². The maximum Gasteiger partial charge on any atom is 0.105 e. The number of hydrogen-bond acceptors (Lipinski definition) is 4. The maximum absolute atomic E-state index is 4.86. The van der Waals surface area contributed by atoms with Crippen LogP contribution in [0.25, 0.3) is 27.9 Å². The third-order valence-electron chi connectivity index (χ3n) is 4.28. The van der Waals surface area contributed by atoms with Crippen LogP contribution in [0.2, 0.25) is 0 Å². The molecule has 0 bridgehead atoms. The van der Waals surface area contributed by atoms with Crippen LogP contribution in [0.5, 0.6) is 0 Å². The molecule has 3 nitrogen and oxygen atoms in total. The Balaban J connectivity index is 1.60. The van der Waals surface area contributed by atoms with Gasteiger partial charge in [0.15, 0.2) is 0 Å². The molecule has 1 unspecified atom stereocenters. The molecule has 0 saturated carbocycles. The van der Waals surface area contributed by atoms with E-state index in [0.717, 1.165) is 33.7 Å². The fourth-order valence-corrected chi connectivity index (χ4v) is 4.39. The van der Waals surface area contributed by atoms with Crippen molar-refractivity contribution in [3.05, 3.63) is 66.5 Å². The topological polar surface area (TPSA) is 38.7 Å². The van der Waals surface area contributed by atoms with Gasteiger partial charge in [-0.25, -0.2) is 4.98 Å². The molecule has 0 N–H and O–H groups in total. The second-order valence-corrected chi connectivity index (χ2v) is 6.90. The summed E-state index contributed by atoms with van der Waals surface area (Å²) in [5.41, 5.74) is 5.41. The fourth-order valence-electron chi connectivity index (χ4n) is 3.12. The van der Waals surface area contributed by atoms with Crippen LogP contribution in [0, 0.1) is 0 Å². The molecule has 3 aromatic heterocycles. The van der Waals surface area contributed by atoms with Crippen LogP contribution in [-0.4, -0.2) is 20.2 Å². The largest absolute Gasteiger partial charge is 0.256 e. The summed E-state index contributed by atoms with van der Waals surface area (Å²) < 4.78 is 0. The third kappa shape index (κ3) is 2.10. The van der Waals surface area contributed by atoms with Gasteiger partial charge in [0.2, 0.25) is 0 Å². The molecule has 0 aromatic carbocycles. The molecule has 0 radical (unpaired) electrons. The van der Waals surface area contributed by atoms with E-state index in [1.165, 1.54) is 11.1 Å². The van der Waals surface area contributed by atoms with E-state index in [-0.39, 0.29) is 0 Å². The summed E-state index contributed by atoms with van der Waals surface area (Å²) in [6, 6.07) is 10.2. The zero-order chi connectivity index (χ0) is 15.2. The summed E-state index contributed by atoms with van der Waals surface area (Å²) in [5, 5.41) is 2.68. The van der Waals surface area contributed by atoms with Gasteiger partial charge in [-0.05, 0) is 42.3 Å². The van der Waals surface area contributed by atoms with Crippen molar-refractivity contribution in [3.63, 3.8) is 0 Å². The molecule has 0 spiro atoms. The van der Waals surface area contributed by atoms with E-state index in [1.807, 2.05) is 42.4 Å². The Morgan fingerprint density at radius 3 is 3.09 bits per heavy atom. The normalized spacial score (nSPS) is 18.6. The second-order valence-electron chi connectivity index (χ2n) is 5.71. The lowest BCUT2D eigenvalue weighted by molar-refractivity contribution is 1.09. The first-order valence-electron chi connectivity index (χ1n) is 7.64. The minimum Gasteiger partial charge on any atom is -0.256 e. The molecule has 0 fully saturated rings. The average Bonchev–Trinajstić information content (AvgIpc) is 2.99. The van der Waals surface area contributed by atoms with Gasteiger partial charge in [0.1, 0.15) is 5.03 Å². The molecule has 5 rings (SSSR count). The monoisotopic (exact) mass is 315 g/mol. The number of thioether (sulfide) groups is 1. The fraction of sp³-hybridized carbons (Fsp3) is 0.105. The van der Waals surface area contributed by atoms with Gasteiger partial charge in [-0.2, -0.15) is 0 Å². The number of aromatic nitrogens is 3. The molecule has 23 heavy (non-hydrogen) atoms. The van der Waals surface area contributed by atoms with E-state index in [4.69, 9.17) is 4.98 Å². The first-order chi connectivity index (χ1) is 11.4. The van der Waals surface area contributed by atoms with Gasteiger partial charge in [-0.3, -0.25) is 9.97 Å². The number of rotatable bonds is 1. The third-order valence-corrected chi connectivity index (χ3v) is 5.55. The molecule has 0 saturated heterocycles.